The second-order valence-electron chi connectivity index (χ2n) is 5.75. The molecule has 1 aromatic carbocycles. The summed E-state index contributed by atoms with van der Waals surface area (Å²) in [6.07, 6.45) is 3.63. The van der Waals surface area contributed by atoms with Crippen LogP contribution in [0.2, 0.25) is 0 Å². The molecule has 1 aliphatic carbocycles. The molecule has 1 fully saturated rings. The van der Waals surface area contributed by atoms with Gasteiger partial charge < -0.3 is 15.3 Å². The largest absolute Gasteiger partial charge is 0.394 e. The Hall–Kier alpha value is -0.900. The van der Waals surface area contributed by atoms with Gasteiger partial charge in [0.2, 0.25) is 0 Å². The number of nitrogens with one attached hydrogen (secondary N) is 1. The van der Waals surface area contributed by atoms with Crippen molar-refractivity contribution in [2.75, 3.05) is 26.2 Å². The van der Waals surface area contributed by atoms with E-state index in [1.807, 2.05) is 6.07 Å². The van der Waals surface area contributed by atoms with E-state index in [1.165, 1.54) is 18.4 Å². The third kappa shape index (κ3) is 3.60. The van der Waals surface area contributed by atoms with Crippen LogP contribution in [0.25, 0.3) is 0 Å². The lowest BCUT2D eigenvalue weighted by Crippen LogP contribution is -2.48. The molecule has 0 aromatic heterocycles. The highest BCUT2D eigenvalue weighted by atomic mass is 16.3. The van der Waals surface area contributed by atoms with E-state index in [-0.39, 0.29) is 12.1 Å². The van der Waals surface area contributed by atoms with Crippen LogP contribution in [0.1, 0.15) is 38.7 Å². The van der Waals surface area contributed by atoms with Crippen LogP contribution in [-0.4, -0.2) is 42.3 Å². The van der Waals surface area contributed by atoms with Crippen molar-refractivity contribution >= 4 is 0 Å². The molecule has 1 unspecified atom stereocenters. The third-order valence-electron chi connectivity index (χ3n) is 4.41. The Bertz CT molecular complexity index is 391. The average Bonchev–Trinajstić information content (AvgIpc) is 3.32. The lowest BCUT2D eigenvalue weighted by molar-refractivity contribution is 0.132. The molecule has 0 spiro atoms. The van der Waals surface area contributed by atoms with E-state index < -0.39 is 0 Å². The fourth-order valence-corrected chi connectivity index (χ4v) is 3.03. The van der Waals surface area contributed by atoms with Crippen molar-refractivity contribution in [1.82, 2.24) is 10.2 Å². The fraction of sp³-hybridized carbons (Fsp3) is 0.647. The highest BCUT2D eigenvalue weighted by Crippen LogP contribution is 2.30. The predicted octanol–water partition coefficient (Wildman–Crippen LogP) is 2.36. The summed E-state index contributed by atoms with van der Waals surface area (Å²) >= 11 is 0. The van der Waals surface area contributed by atoms with Crippen LogP contribution in [0.5, 0.6) is 0 Å². The molecule has 2 rings (SSSR count). The van der Waals surface area contributed by atoms with E-state index in [2.05, 4.69) is 48.3 Å². The Morgan fingerprint density at radius 2 is 1.95 bits per heavy atom. The first kappa shape index (κ1) is 15.5. The second-order valence-corrected chi connectivity index (χ2v) is 5.75. The molecule has 0 bridgehead atoms. The second kappa shape index (κ2) is 7.21. The zero-order chi connectivity index (χ0) is 14.4. The molecular formula is C17H28N2O. The normalized spacial score (nSPS) is 18.2. The molecular weight excluding hydrogens is 248 g/mol. The summed E-state index contributed by atoms with van der Waals surface area (Å²) in [4.78, 5) is 2.55. The predicted molar refractivity (Wildman–Crippen MR) is 83.8 cm³/mol. The Morgan fingerprint density at radius 1 is 1.25 bits per heavy atom. The van der Waals surface area contributed by atoms with Gasteiger partial charge in [0.15, 0.2) is 0 Å². The number of likely N-dealkylation sites (N-methyl/N-ethyl adjacent to an activating group) is 1. The number of nitrogens with zero attached hydrogens (tertiary/aromatic N) is 1. The summed E-state index contributed by atoms with van der Waals surface area (Å²) in [5.74, 6) is 0. The molecule has 112 valence electrons. The highest BCUT2D eigenvalue weighted by molar-refractivity contribution is 5.25. The van der Waals surface area contributed by atoms with Crippen LogP contribution < -0.4 is 5.32 Å². The molecule has 0 heterocycles. The van der Waals surface area contributed by atoms with E-state index in [4.69, 9.17) is 0 Å². The summed E-state index contributed by atoms with van der Waals surface area (Å²) in [7, 11) is 0. The van der Waals surface area contributed by atoms with Crippen LogP contribution in [0.3, 0.4) is 0 Å². The Balaban J connectivity index is 2.09. The van der Waals surface area contributed by atoms with Gasteiger partial charge in [-0.1, -0.05) is 44.2 Å². The van der Waals surface area contributed by atoms with Crippen LogP contribution in [0.15, 0.2) is 30.3 Å². The van der Waals surface area contributed by atoms with Crippen molar-refractivity contribution in [1.29, 1.82) is 0 Å². The van der Waals surface area contributed by atoms with Gasteiger partial charge in [0.25, 0.3) is 0 Å². The van der Waals surface area contributed by atoms with Crippen molar-refractivity contribution in [3.8, 4) is 0 Å². The van der Waals surface area contributed by atoms with Crippen molar-refractivity contribution < 1.29 is 5.11 Å². The van der Waals surface area contributed by atoms with Gasteiger partial charge in [-0.25, -0.2) is 0 Å². The molecule has 0 radical (unpaired) electrons. The van der Waals surface area contributed by atoms with Gasteiger partial charge in [-0.15, -0.1) is 0 Å². The summed E-state index contributed by atoms with van der Waals surface area (Å²) in [5, 5.41) is 13.5. The molecule has 1 aliphatic rings. The average molecular weight is 276 g/mol. The topological polar surface area (TPSA) is 35.5 Å². The summed E-state index contributed by atoms with van der Waals surface area (Å²) < 4.78 is 0. The number of hydrogen-bond donors (Lipinski definition) is 2. The number of rotatable bonds is 9. The first-order valence-corrected chi connectivity index (χ1v) is 7.91. The highest BCUT2D eigenvalue weighted by Gasteiger charge is 2.33. The molecule has 1 atom stereocenters. The van der Waals surface area contributed by atoms with Gasteiger partial charge in [0.1, 0.15) is 0 Å². The summed E-state index contributed by atoms with van der Waals surface area (Å²) in [6, 6.07) is 11.2. The summed E-state index contributed by atoms with van der Waals surface area (Å²) in [5.41, 5.74) is 0.884. The Labute approximate surface area is 123 Å². The van der Waals surface area contributed by atoms with Gasteiger partial charge >= 0.3 is 0 Å². The minimum Gasteiger partial charge on any atom is -0.394 e. The lowest BCUT2D eigenvalue weighted by Gasteiger charge is -2.35. The SMILES string of the molecule is CCNC(CO)(CCN(CC)C1CC1)c1ccccc1. The van der Waals surface area contributed by atoms with E-state index in [1.54, 1.807) is 0 Å². The molecule has 3 nitrogen and oxygen atoms in total. The minimum atomic E-state index is -0.307. The molecule has 20 heavy (non-hydrogen) atoms. The maximum atomic E-state index is 10.0. The standard InChI is InChI=1S/C17H28N2O/c1-3-18-17(14-20,15-8-6-5-7-9-15)12-13-19(4-2)16-10-11-16/h5-9,16,18,20H,3-4,10-14H2,1-2H3. The van der Waals surface area contributed by atoms with Gasteiger partial charge in [-0.05, 0) is 37.9 Å². The zero-order valence-electron chi connectivity index (χ0n) is 12.8. The molecule has 3 heteroatoms. The van der Waals surface area contributed by atoms with E-state index in [0.29, 0.717) is 0 Å². The Morgan fingerprint density at radius 3 is 2.45 bits per heavy atom. The number of benzene rings is 1. The summed E-state index contributed by atoms with van der Waals surface area (Å²) in [6.45, 7) is 7.50. The minimum absolute atomic E-state index is 0.146. The fourth-order valence-electron chi connectivity index (χ4n) is 3.03. The molecule has 0 saturated heterocycles. The van der Waals surface area contributed by atoms with E-state index in [0.717, 1.165) is 32.1 Å². The molecule has 1 saturated carbocycles. The zero-order valence-corrected chi connectivity index (χ0v) is 12.8. The first-order valence-electron chi connectivity index (χ1n) is 7.91. The van der Waals surface area contributed by atoms with Crippen molar-refractivity contribution in [3.05, 3.63) is 35.9 Å². The molecule has 1 aromatic rings. The van der Waals surface area contributed by atoms with Gasteiger partial charge in [-0.2, -0.15) is 0 Å². The van der Waals surface area contributed by atoms with Crippen LogP contribution in [0, 0.1) is 0 Å². The lowest BCUT2D eigenvalue weighted by atomic mass is 9.87. The quantitative estimate of drug-likeness (QED) is 0.727. The molecule has 0 aliphatic heterocycles. The number of aliphatic hydroxyl groups excluding tert-OH is 1. The Kier molecular flexibility index (Phi) is 5.58. The van der Waals surface area contributed by atoms with Crippen molar-refractivity contribution in [3.63, 3.8) is 0 Å². The number of aliphatic hydroxyl groups is 1. The van der Waals surface area contributed by atoms with Crippen LogP contribution in [-0.2, 0) is 5.54 Å². The van der Waals surface area contributed by atoms with Crippen LogP contribution in [0.4, 0.5) is 0 Å². The van der Waals surface area contributed by atoms with E-state index in [9.17, 15) is 5.11 Å². The maximum Gasteiger partial charge on any atom is 0.0681 e. The van der Waals surface area contributed by atoms with E-state index >= 15 is 0 Å². The van der Waals surface area contributed by atoms with Crippen molar-refractivity contribution in [2.45, 2.75) is 44.7 Å². The van der Waals surface area contributed by atoms with Crippen molar-refractivity contribution in [2.24, 2.45) is 0 Å². The third-order valence-corrected chi connectivity index (χ3v) is 4.41. The van der Waals surface area contributed by atoms with Gasteiger partial charge in [-0.3, -0.25) is 0 Å². The van der Waals surface area contributed by atoms with Gasteiger partial charge in [0.05, 0.1) is 12.1 Å². The molecule has 2 N–H and O–H groups in total. The van der Waals surface area contributed by atoms with Gasteiger partial charge in [0, 0.05) is 12.6 Å². The van der Waals surface area contributed by atoms with Crippen LogP contribution >= 0.6 is 0 Å². The first-order chi connectivity index (χ1) is 9.75. The molecule has 0 amide bonds. The number of hydrogen-bond acceptors (Lipinski definition) is 3. The smallest absolute Gasteiger partial charge is 0.0681 e. The maximum absolute atomic E-state index is 10.0. The monoisotopic (exact) mass is 276 g/mol.